The van der Waals surface area contributed by atoms with E-state index in [-0.39, 0.29) is 29.4 Å². The predicted molar refractivity (Wildman–Crippen MR) is 129 cm³/mol. The van der Waals surface area contributed by atoms with Crippen LogP contribution in [0.5, 0.6) is 0 Å². The Morgan fingerprint density at radius 3 is 2.53 bits per heavy atom. The molecule has 0 bridgehead atoms. The quantitative estimate of drug-likeness (QED) is 0.472. The van der Waals surface area contributed by atoms with Crippen LogP contribution in [-0.4, -0.2) is 81.7 Å². The fraction of sp³-hybridized carbons (Fsp3) is 0.478. The van der Waals surface area contributed by atoms with Crippen molar-refractivity contribution in [3.05, 3.63) is 35.7 Å². The third-order valence-electron chi connectivity index (χ3n) is 6.34. The first kappa shape index (κ1) is 24.3. The number of rotatable bonds is 6. The van der Waals surface area contributed by atoms with Gasteiger partial charge in [-0.1, -0.05) is 0 Å². The molecule has 36 heavy (non-hydrogen) atoms. The van der Waals surface area contributed by atoms with Crippen molar-refractivity contribution in [1.29, 1.82) is 0 Å². The van der Waals surface area contributed by atoms with Crippen LogP contribution in [0.1, 0.15) is 24.0 Å². The van der Waals surface area contributed by atoms with E-state index in [2.05, 4.69) is 40.7 Å². The molecule has 0 radical (unpaired) electrons. The highest BCUT2D eigenvalue weighted by Crippen LogP contribution is 2.33. The van der Waals surface area contributed by atoms with E-state index in [4.69, 9.17) is 0 Å². The van der Waals surface area contributed by atoms with Crippen LogP contribution in [-0.2, 0) is 12.7 Å². The number of carbonyl (C=O) groups is 1. The molecule has 10 nitrogen and oxygen atoms in total. The number of hydrogen-bond donors (Lipinski definition) is 3. The fourth-order valence-electron chi connectivity index (χ4n) is 4.16. The summed E-state index contributed by atoms with van der Waals surface area (Å²) < 4.78 is 42.4. The summed E-state index contributed by atoms with van der Waals surface area (Å²) in [7, 11) is 3.68. The number of amides is 1. The molecule has 1 saturated heterocycles. The lowest BCUT2D eigenvalue weighted by Gasteiger charge is -2.32. The van der Waals surface area contributed by atoms with Crippen molar-refractivity contribution in [2.75, 3.05) is 50.9 Å². The van der Waals surface area contributed by atoms with Crippen LogP contribution < -0.4 is 16.0 Å². The van der Waals surface area contributed by atoms with Crippen LogP contribution in [0.4, 0.5) is 35.4 Å². The Morgan fingerprint density at radius 2 is 1.86 bits per heavy atom. The number of aromatic nitrogens is 4. The van der Waals surface area contributed by atoms with Crippen molar-refractivity contribution in [2.24, 2.45) is 0 Å². The molecule has 1 amide bonds. The normalized spacial score (nSPS) is 17.4. The second-order valence-electron chi connectivity index (χ2n) is 9.28. The minimum atomic E-state index is -4.50. The molecule has 2 fully saturated rings. The summed E-state index contributed by atoms with van der Waals surface area (Å²) >= 11 is 0. The summed E-state index contributed by atoms with van der Waals surface area (Å²) in [6.45, 7) is 3.71. The lowest BCUT2D eigenvalue weighted by atomic mass is 10.1. The van der Waals surface area contributed by atoms with Gasteiger partial charge >= 0.3 is 12.2 Å². The minimum Gasteiger partial charge on any atom is -0.371 e. The van der Waals surface area contributed by atoms with Gasteiger partial charge in [0.2, 0.25) is 5.95 Å². The van der Waals surface area contributed by atoms with Gasteiger partial charge in [0.25, 0.3) is 0 Å². The van der Waals surface area contributed by atoms with Gasteiger partial charge in [-0.05, 0) is 43.7 Å². The second kappa shape index (κ2) is 9.54. The van der Waals surface area contributed by atoms with Crippen LogP contribution in [0.25, 0.3) is 11.2 Å². The van der Waals surface area contributed by atoms with Crippen LogP contribution in [0, 0.1) is 0 Å². The monoisotopic (exact) mass is 503 g/mol. The molecule has 3 aromatic rings. The van der Waals surface area contributed by atoms with Crippen LogP contribution in [0.3, 0.4) is 0 Å². The van der Waals surface area contributed by atoms with E-state index in [1.54, 1.807) is 13.1 Å². The summed E-state index contributed by atoms with van der Waals surface area (Å²) in [5.41, 5.74) is 0.637. The Labute approximate surface area is 205 Å². The molecular formula is C23H28F3N9O. The van der Waals surface area contributed by atoms with E-state index in [1.807, 2.05) is 7.05 Å². The number of nitrogens with one attached hydrogen (secondary N) is 3. The lowest BCUT2D eigenvalue weighted by Crippen LogP contribution is -2.43. The number of likely N-dealkylation sites (N-methyl/N-ethyl adjacent to an activating group) is 1. The SMILES string of the molecule is CNc1nc(Nc2cc(CN3CCN(C)CC3)cc(C(F)(F)F)c2)nc2c1ncn2C(=O)NC1CC1. The number of piperazine rings is 1. The third kappa shape index (κ3) is 5.36. The molecule has 2 aromatic heterocycles. The molecule has 192 valence electrons. The Balaban J connectivity index is 1.46. The summed E-state index contributed by atoms with van der Waals surface area (Å²) in [4.78, 5) is 30.0. The Morgan fingerprint density at radius 1 is 1.11 bits per heavy atom. The maximum Gasteiger partial charge on any atom is 0.416 e. The maximum absolute atomic E-state index is 13.7. The minimum absolute atomic E-state index is 0.0534. The van der Waals surface area contributed by atoms with Gasteiger partial charge in [0.15, 0.2) is 17.0 Å². The number of anilines is 3. The fourth-order valence-corrected chi connectivity index (χ4v) is 4.16. The van der Waals surface area contributed by atoms with Gasteiger partial charge in [-0.25, -0.2) is 14.3 Å². The van der Waals surface area contributed by atoms with Crippen LogP contribution >= 0.6 is 0 Å². The van der Waals surface area contributed by atoms with Gasteiger partial charge in [0.05, 0.1) is 5.56 Å². The zero-order valence-corrected chi connectivity index (χ0v) is 20.1. The number of nitrogens with zero attached hydrogens (tertiary/aromatic N) is 6. The van der Waals surface area contributed by atoms with Gasteiger partial charge in [-0.15, -0.1) is 0 Å². The number of imidazole rings is 1. The van der Waals surface area contributed by atoms with Crippen LogP contribution in [0.2, 0.25) is 0 Å². The van der Waals surface area contributed by atoms with Gasteiger partial charge in [0, 0.05) is 51.5 Å². The lowest BCUT2D eigenvalue weighted by molar-refractivity contribution is -0.137. The maximum atomic E-state index is 13.7. The average Bonchev–Trinajstić information content (AvgIpc) is 3.54. The molecule has 0 atom stereocenters. The molecular weight excluding hydrogens is 475 g/mol. The van der Waals surface area contributed by atoms with Gasteiger partial charge in [-0.2, -0.15) is 23.1 Å². The molecule has 5 rings (SSSR count). The Kier molecular flexibility index (Phi) is 6.43. The van der Waals surface area contributed by atoms with Crippen molar-refractivity contribution in [1.82, 2.24) is 34.6 Å². The first-order valence-corrected chi connectivity index (χ1v) is 11.8. The predicted octanol–water partition coefficient (Wildman–Crippen LogP) is 3.10. The second-order valence-corrected chi connectivity index (χ2v) is 9.28. The first-order valence-electron chi connectivity index (χ1n) is 11.8. The Bertz CT molecular complexity index is 1260. The third-order valence-corrected chi connectivity index (χ3v) is 6.34. The van der Waals surface area contributed by atoms with Gasteiger partial charge in [0.1, 0.15) is 6.33 Å². The van der Waals surface area contributed by atoms with Crippen molar-refractivity contribution < 1.29 is 18.0 Å². The standard InChI is InChI=1S/C23H28F3N9O/c1-27-19-18-20(35(13-28-18)22(36)30-16-3-4-16)32-21(31-19)29-17-10-14(9-15(11-17)23(24,25)26)12-34-7-5-33(2)6-8-34/h9-11,13,16H,3-8,12H2,1-2H3,(H,30,36)(H2,27,29,31,32). The first-order chi connectivity index (χ1) is 17.2. The number of benzene rings is 1. The summed E-state index contributed by atoms with van der Waals surface area (Å²) in [5, 5.41) is 8.71. The summed E-state index contributed by atoms with van der Waals surface area (Å²) in [6.07, 6.45) is -1.29. The molecule has 0 spiro atoms. The van der Waals surface area contributed by atoms with Gasteiger partial charge in [-0.3, -0.25) is 4.90 Å². The van der Waals surface area contributed by atoms with E-state index >= 15 is 0 Å². The number of alkyl halides is 3. The summed E-state index contributed by atoms with van der Waals surface area (Å²) in [5.74, 6) is 0.405. The molecule has 3 heterocycles. The number of carbonyl (C=O) groups excluding carboxylic acids is 1. The average molecular weight is 504 g/mol. The highest BCUT2D eigenvalue weighted by molar-refractivity contribution is 5.92. The number of hydrogen-bond acceptors (Lipinski definition) is 8. The number of fused-ring (bicyclic) bond motifs is 1. The zero-order valence-electron chi connectivity index (χ0n) is 20.1. The van der Waals surface area contributed by atoms with Crippen molar-refractivity contribution >= 4 is 34.6 Å². The zero-order chi connectivity index (χ0) is 25.4. The topological polar surface area (TPSA) is 103 Å². The van der Waals surface area contributed by atoms with Crippen molar-refractivity contribution in [3.8, 4) is 0 Å². The van der Waals surface area contributed by atoms with E-state index in [1.165, 1.54) is 17.0 Å². The molecule has 2 aliphatic rings. The van der Waals surface area contributed by atoms with E-state index in [9.17, 15) is 18.0 Å². The highest BCUT2D eigenvalue weighted by atomic mass is 19.4. The van der Waals surface area contributed by atoms with Crippen molar-refractivity contribution in [3.63, 3.8) is 0 Å². The molecule has 13 heteroatoms. The number of halogens is 3. The molecule has 3 N–H and O–H groups in total. The van der Waals surface area contributed by atoms with E-state index < -0.39 is 11.7 Å². The molecule has 1 aliphatic heterocycles. The van der Waals surface area contributed by atoms with Crippen LogP contribution in [0.15, 0.2) is 24.5 Å². The van der Waals surface area contributed by atoms with Crippen molar-refractivity contribution in [2.45, 2.75) is 31.6 Å². The molecule has 0 unspecified atom stereocenters. The highest BCUT2D eigenvalue weighted by Gasteiger charge is 2.32. The largest absolute Gasteiger partial charge is 0.416 e. The molecule has 1 aliphatic carbocycles. The van der Waals surface area contributed by atoms with Gasteiger partial charge < -0.3 is 20.9 Å². The Hall–Kier alpha value is -3.45. The smallest absolute Gasteiger partial charge is 0.371 e. The van der Waals surface area contributed by atoms with E-state index in [0.29, 0.717) is 23.4 Å². The molecule has 1 aromatic carbocycles. The molecule has 1 saturated carbocycles. The summed E-state index contributed by atoms with van der Waals surface area (Å²) in [6, 6.07) is 3.68. The van der Waals surface area contributed by atoms with E-state index in [0.717, 1.165) is 45.1 Å².